The molecule has 0 amide bonds. The molecule has 0 heterocycles. The minimum Gasteiger partial charge on any atom is -0.497 e. The second kappa shape index (κ2) is 7.64. The average molecular weight is 366 g/mol. The van der Waals surface area contributed by atoms with Crippen LogP contribution in [0.2, 0.25) is 0 Å². The fourth-order valence-electron chi connectivity index (χ4n) is 3.27. The van der Waals surface area contributed by atoms with Crippen LogP contribution in [-0.2, 0) is 0 Å². The first-order chi connectivity index (χ1) is 12.7. The van der Waals surface area contributed by atoms with Crippen molar-refractivity contribution in [1.82, 2.24) is 0 Å². The summed E-state index contributed by atoms with van der Waals surface area (Å²) in [5, 5.41) is 2.24. The van der Waals surface area contributed by atoms with Gasteiger partial charge in [0, 0.05) is 15.6 Å². The highest BCUT2D eigenvalue weighted by atomic mass is 28.4. The van der Waals surface area contributed by atoms with Gasteiger partial charge in [-0.25, -0.2) is 0 Å². The lowest BCUT2D eigenvalue weighted by molar-refractivity contribution is 0.412. The zero-order valence-corrected chi connectivity index (χ0v) is 16.1. The zero-order valence-electron chi connectivity index (χ0n) is 15.1. The van der Waals surface area contributed by atoms with Crippen LogP contribution in [-0.4, -0.2) is 34.4 Å². The molecule has 0 aliphatic heterocycles. The number of hydrogen-bond donors (Lipinski definition) is 1. The van der Waals surface area contributed by atoms with E-state index in [1.807, 2.05) is 72.8 Å². The normalized spacial score (nSPS) is 11.1. The molecule has 134 valence electrons. The van der Waals surface area contributed by atoms with Gasteiger partial charge < -0.3 is 19.0 Å². The number of hydrogen-bond acceptors (Lipinski definition) is 4. The van der Waals surface area contributed by atoms with Crippen LogP contribution in [0.25, 0.3) is 0 Å². The van der Waals surface area contributed by atoms with Gasteiger partial charge in [-0.15, -0.1) is 0 Å². The van der Waals surface area contributed by atoms with Gasteiger partial charge in [-0.05, 0) is 18.2 Å². The van der Waals surface area contributed by atoms with Crippen LogP contribution in [0.3, 0.4) is 0 Å². The number of ether oxygens (including phenoxy) is 3. The molecule has 0 unspecified atom stereocenters. The first kappa shape index (κ1) is 18.0. The van der Waals surface area contributed by atoms with Crippen LogP contribution in [0.5, 0.6) is 17.2 Å². The highest BCUT2D eigenvalue weighted by Gasteiger charge is 2.44. The Kier molecular flexibility index (Phi) is 5.30. The molecular formula is C21H22O4Si. The lowest BCUT2D eigenvalue weighted by atomic mass is 10.3. The van der Waals surface area contributed by atoms with E-state index in [4.69, 9.17) is 14.2 Å². The molecule has 3 aromatic rings. The molecule has 3 rings (SSSR count). The monoisotopic (exact) mass is 366 g/mol. The predicted octanol–water partition coefficient (Wildman–Crippen LogP) is 1.67. The van der Waals surface area contributed by atoms with Crippen molar-refractivity contribution < 1.29 is 19.0 Å². The van der Waals surface area contributed by atoms with E-state index < -0.39 is 8.32 Å². The van der Waals surface area contributed by atoms with E-state index in [2.05, 4.69) is 0 Å². The van der Waals surface area contributed by atoms with E-state index >= 15 is 0 Å². The van der Waals surface area contributed by atoms with Gasteiger partial charge in [-0.3, -0.25) is 0 Å². The van der Waals surface area contributed by atoms with E-state index in [1.54, 1.807) is 21.3 Å². The van der Waals surface area contributed by atoms with Gasteiger partial charge in [0.05, 0.1) is 21.3 Å². The van der Waals surface area contributed by atoms with Gasteiger partial charge >= 0.3 is 0 Å². The second-order valence-corrected chi connectivity index (χ2v) is 8.85. The smallest absolute Gasteiger partial charge is 0.296 e. The summed E-state index contributed by atoms with van der Waals surface area (Å²) in [6, 6.07) is 22.7. The highest BCUT2D eigenvalue weighted by Crippen LogP contribution is 2.21. The summed E-state index contributed by atoms with van der Waals surface area (Å²) in [6.45, 7) is 0. The van der Waals surface area contributed by atoms with Crippen LogP contribution in [0, 0.1) is 0 Å². The Bertz CT molecular complexity index is 779. The fraction of sp³-hybridized carbons (Fsp3) is 0.143. The summed E-state index contributed by atoms with van der Waals surface area (Å²) in [4.78, 5) is 12.3. The van der Waals surface area contributed by atoms with Crippen molar-refractivity contribution in [3.05, 3.63) is 72.8 Å². The Morgan fingerprint density at radius 2 is 0.808 bits per heavy atom. The molecule has 0 bridgehead atoms. The van der Waals surface area contributed by atoms with Crippen LogP contribution in [0.4, 0.5) is 0 Å². The van der Waals surface area contributed by atoms with Crippen molar-refractivity contribution in [2.45, 2.75) is 0 Å². The summed E-state index contributed by atoms with van der Waals surface area (Å²) in [5.41, 5.74) is 0. The summed E-state index contributed by atoms with van der Waals surface area (Å²) in [6.07, 6.45) is 0. The number of rotatable bonds is 6. The number of para-hydroxylation sites is 3. The minimum atomic E-state index is -3.45. The Labute approximate surface area is 154 Å². The van der Waals surface area contributed by atoms with Crippen LogP contribution >= 0.6 is 0 Å². The lowest BCUT2D eigenvalue weighted by Gasteiger charge is -2.30. The molecule has 0 saturated heterocycles. The molecule has 0 radical (unpaired) electrons. The maximum absolute atomic E-state index is 12.3. The Hall–Kier alpha value is -2.76. The first-order valence-corrected chi connectivity index (χ1v) is 10.2. The quantitative estimate of drug-likeness (QED) is 0.533. The minimum absolute atomic E-state index is 0.637. The maximum Gasteiger partial charge on any atom is 0.296 e. The summed E-state index contributed by atoms with van der Waals surface area (Å²) in [5.74, 6) is 1.91. The Balaban J connectivity index is 2.40. The number of methoxy groups -OCH3 is 3. The SMILES string of the molecule is COc1ccccc1[Si](O)(c1ccccc1OC)c1ccccc1OC. The molecule has 26 heavy (non-hydrogen) atoms. The molecule has 0 aromatic heterocycles. The Morgan fingerprint density at radius 1 is 0.538 bits per heavy atom. The van der Waals surface area contributed by atoms with Crippen molar-refractivity contribution >= 4 is 23.9 Å². The van der Waals surface area contributed by atoms with Gasteiger partial charge in [-0.2, -0.15) is 0 Å². The summed E-state index contributed by atoms with van der Waals surface area (Å²) < 4.78 is 16.7. The molecule has 3 aromatic carbocycles. The van der Waals surface area contributed by atoms with E-state index in [0.29, 0.717) is 17.2 Å². The molecule has 0 aliphatic carbocycles. The maximum atomic E-state index is 12.3. The van der Waals surface area contributed by atoms with E-state index in [1.165, 1.54) is 0 Å². The van der Waals surface area contributed by atoms with Gasteiger partial charge in [0.15, 0.2) is 0 Å². The van der Waals surface area contributed by atoms with Crippen LogP contribution < -0.4 is 29.8 Å². The molecule has 4 nitrogen and oxygen atoms in total. The topological polar surface area (TPSA) is 47.9 Å². The summed E-state index contributed by atoms with van der Waals surface area (Å²) in [7, 11) is 1.38. The van der Waals surface area contributed by atoms with Gasteiger partial charge in [0.1, 0.15) is 17.2 Å². The van der Waals surface area contributed by atoms with Crippen LogP contribution in [0.15, 0.2) is 72.8 Å². The number of benzene rings is 3. The highest BCUT2D eigenvalue weighted by molar-refractivity contribution is 7.07. The molecule has 0 saturated carbocycles. The largest absolute Gasteiger partial charge is 0.497 e. The molecule has 0 spiro atoms. The van der Waals surface area contributed by atoms with Crippen molar-refractivity contribution in [2.24, 2.45) is 0 Å². The van der Waals surface area contributed by atoms with Gasteiger partial charge in [-0.1, -0.05) is 54.6 Å². The molecule has 5 heteroatoms. The zero-order chi connectivity index (χ0) is 18.6. The molecular weight excluding hydrogens is 344 g/mol. The van der Waals surface area contributed by atoms with E-state index in [-0.39, 0.29) is 0 Å². The van der Waals surface area contributed by atoms with Crippen molar-refractivity contribution in [2.75, 3.05) is 21.3 Å². The second-order valence-electron chi connectivity index (χ2n) is 5.81. The predicted molar refractivity (Wildman–Crippen MR) is 106 cm³/mol. The van der Waals surface area contributed by atoms with Crippen LogP contribution in [0.1, 0.15) is 0 Å². The van der Waals surface area contributed by atoms with E-state index in [0.717, 1.165) is 15.6 Å². The van der Waals surface area contributed by atoms with Gasteiger partial charge in [0.25, 0.3) is 8.32 Å². The van der Waals surface area contributed by atoms with Crippen molar-refractivity contribution in [1.29, 1.82) is 0 Å². The third-order valence-electron chi connectivity index (χ3n) is 4.49. The first-order valence-electron chi connectivity index (χ1n) is 8.29. The fourth-order valence-corrected chi connectivity index (χ4v) is 6.77. The lowest BCUT2D eigenvalue weighted by Crippen LogP contribution is -2.68. The molecule has 0 fully saturated rings. The third kappa shape index (κ3) is 2.96. The molecule has 0 aliphatic rings. The standard InChI is InChI=1S/C21H22O4Si/c1-23-16-10-4-7-13-19(16)26(22,20-14-8-5-11-17(20)24-2)21-15-9-6-12-18(21)25-3/h4-15,22H,1-3H3. The van der Waals surface area contributed by atoms with Crippen molar-refractivity contribution in [3.63, 3.8) is 0 Å². The summed E-state index contributed by atoms with van der Waals surface area (Å²) >= 11 is 0. The van der Waals surface area contributed by atoms with E-state index in [9.17, 15) is 4.80 Å². The Morgan fingerprint density at radius 3 is 1.08 bits per heavy atom. The van der Waals surface area contributed by atoms with Crippen molar-refractivity contribution in [3.8, 4) is 17.2 Å². The molecule has 0 atom stereocenters. The average Bonchev–Trinajstić information content (AvgIpc) is 2.73. The molecule has 1 N–H and O–H groups in total. The van der Waals surface area contributed by atoms with Gasteiger partial charge in [0.2, 0.25) is 0 Å². The third-order valence-corrected chi connectivity index (χ3v) is 8.07.